The molecule has 2 heterocycles. The van der Waals surface area contributed by atoms with Gasteiger partial charge in [0.2, 0.25) is 0 Å². The topological polar surface area (TPSA) is 41.7 Å². The van der Waals surface area contributed by atoms with Crippen molar-refractivity contribution in [3.63, 3.8) is 0 Å². The molecule has 0 aromatic heterocycles. The zero-order valence-corrected chi connectivity index (χ0v) is 13.1. The Morgan fingerprint density at radius 1 is 1.26 bits per heavy atom. The van der Waals surface area contributed by atoms with Crippen LogP contribution in [0.25, 0.3) is 0 Å². The summed E-state index contributed by atoms with van der Waals surface area (Å²) in [5.74, 6) is 0. The molecule has 2 fully saturated rings. The molecular weight excluding hydrogens is 238 g/mol. The molecule has 3 atom stereocenters. The molecule has 0 bridgehead atoms. The largest absolute Gasteiger partial charge is 0.375 e. The van der Waals surface area contributed by atoms with Gasteiger partial charge in [0.1, 0.15) is 0 Å². The van der Waals surface area contributed by atoms with Crippen LogP contribution in [0.3, 0.4) is 0 Å². The molecule has 2 aliphatic heterocycles. The lowest BCUT2D eigenvalue weighted by Gasteiger charge is -2.50. The molecule has 3 unspecified atom stereocenters. The van der Waals surface area contributed by atoms with Crippen molar-refractivity contribution in [1.82, 2.24) is 9.80 Å². The predicted octanol–water partition coefficient (Wildman–Crippen LogP) is 1.30. The van der Waals surface area contributed by atoms with Crippen LogP contribution in [0.15, 0.2) is 0 Å². The van der Waals surface area contributed by atoms with Gasteiger partial charge < -0.3 is 15.4 Å². The summed E-state index contributed by atoms with van der Waals surface area (Å²) in [6, 6.07) is 0.663. The zero-order valence-electron chi connectivity index (χ0n) is 13.1. The minimum absolute atomic E-state index is 0.161. The summed E-state index contributed by atoms with van der Waals surface area (Å²) in [5.41, 5.74) is 6.39. The average Bonchev–Trinajstić information content (AvgIpc) is 2.75. The number of nitrogens with zero attached hydrogens (tertiary/aromatic N) is 2. The Morgan fingerprint density at radius 3 is 2.42 bits per heavy atom. The van der Waals surface area contributed by atoms with Gasteiger partial charge in [-0.2, -0.15) is 0 Å². The predicted molar refractivity (Wildman–Crippen MR) is 79.3 cm³/mol. The lowest BCUT2D eigenvalue weighted by atomic mass is 9.82. The van der Waals surface area contributed by atoms with Crippen LogP contribution in [0, 0.1) is 0 Å². The van der Waals surface area contributed by atoms with Crippen LogP contribution in [0.5, 0.6) is 0 Å². The molecule has 0 aliphatic carbocycles. The van der Waals surface area contributed by atoms with Crippen molar-refractivity contribution in [3.05, 3.63) is 0 Å². The van der Waals surface area contributed by atoms with E-state index in [0.717, 1.165) is 25.9 Å². The monoisotopic (exact) mass is 269 g/mol. The lowest BCUT2D eigenvalue weighted by Crippen LogP contribution is -2.62. The lowest BCUT2D eigenvalue weighted by molar-refractivity contribution is -0.107. The summed E-state index contributed by atoms with van der Waals surface area (Å²) in [6.07, 6.45) is 5.43. The van der Waals surface area contributed by atoms with Crippen LogP contribution in [0.4, 0.5) is 0 Å². The van der Waals surface area contributed by atoms with Crippen LogP contribution in [-0.2, 0) is 4.74 Å². The van der Waals surface area contributed by atoms with E-state index in [0.29, 0.717) is 18.2 Å². The molecule has 0 aromatic rings. The minimum Gasteiger partial charge on any atom is -0.375 e. The van der Waals surface area contributed by atoms with E-state index in [2.05, 4.69) is 37.7 Å². The van der Waals surface area contributed by atoms with Crippen molar-refractivity contribution in [3.8, 4) is 0 Å². The normalized spacial score (nSPS) is 41.1. The van der Waals surface area contributed by atoms with Crippen molar-refractivity contribution in [2.45, 2.75) is 63.3 Å². The standard InChI is InChI=1S/C15H31N3O/c1-12-8-15(11-16,9-13(2)19-12)18-7-5-6-14(18)10-17(3)4/h12-14H,5-11,16H2,1-4H3. The Bertz CT molecular complexity index is 285. The summed E-state index contributed by atoms with van der Waals surface area (Å²) in [6.45, 7) is 7.49. The van der Waals surface area contributed by atoms with Crippen molar-refractivity contribution in [1.29, 1.82) is 0 Å². The van der Waals surface area contributed by atoms with E-state index in [1.807, 2.05) is 0 Å². The van der Waals surface area contributed by atoms with E-state index in [1.165, 1.54) is 19.4 Å². The Kier molecular flexibility index (Phi) is 4.88. The fourth-order valence-electron chi connectivity index (χ4n) is 4.24. The molecule has 2 N–H and O–H groups in total. The maximum Gasteiger partial charge on any atom is 0.0568 e. The van der Waals surface area contributed by atoms with Gasteiger partial charge in [-0.3, -0.25) is 4.90 Å². The van der Waals surface area contributed by atoms with E-state index in [9.17, 15) is 0 Å². The first-order valence-corrected chi connectivity index (χ1v) is 7.74. The first-order chi connectivity index (χ1) is 8.97. The molecule has 0 aromatic carbocycles. The highest BCUT2D eigenvalue weighted by Gasteiger charge is 2.46. The number of likely N-dealkylation sites (N-methyl/N-ethyl adjacent to an activating group) is 1. The van der Waals surface area contributed by atoms with Gasteiger partial charge in [0.15, 0.2) is 0 Å². The molecular formula is C15H31N3O. The second-order valence-electron chi connectivity index (χ2n) is 6.85. The fraction of sp³-hybridized carbons (Fsp3) is 1.00. The summed E-state index contributed by atoms with van der Waals surface area (Å²) in [5, 5.41) is 0. The Labute approximate surface area is 118 Å². The molecule has 0 amide bonds. The Morgan fingerprint density at radius 2 is 1.89 bits per heavy atom. The quantitative estimate of drug-likeness (QED) is 0.835. The first kappa shape index (κ1) is 15.2. The van der Waals surface area contributed by atoms with Gasteiger partial charge in [-0.25, -0.2) is 0 Å². The smallest absolute Gasteiger partial charge is 0.0568 e. The second kappa shape index (κ2) is 6.08. The van der Waals surface area contributed by atoms with E-state index in [1.54, 1.807) is 0 Å². The van der Waals surface area contributed by atoms with Crippen molar-refractivity contribution >= 4 is 0 Å². The molecule has 112 valence electrons. The second-order valence-corrected chi connectivity index (χ2v) is 6.85. The highest BCUT2D eigenvalue weighted by atomic mass is 16.5. The van der Waals surface area contributed by atoms with E-state index < -0.39 is 0 Å². The van der Waals surface area contributed by atoms with E-state index in [4.69, 9.17) is 10.5 Å². The third kappa shape index (κ3) is 3.30. The van der Waals surface area contributed by atoms with Gasteiger partial charge in [0.25, 0.3) is 0 Å². The minimum atomic E-state index is 0.161. The molecule has 0 radical (unpaired) electrons. The van der Waals surface area contributed by atoms with Crippen molar-refractivity contribution in [2.24, 2.45) is 5.73 Å². The molecule has 2 rings (SSSR count). The third-order valence-corrected chi connectivity index (χ3v) is 4.74. The maximum absolute atomic E-state index is 6.22. The van der Waals surface area contributed by atoms with Crippen LogP contribution in [0.1, 0.15) is 39.5 Å². The zero-order chi connectivity index (χ0) is 14.0. The van der Waals surface area contributed by atoms with Gasteiger partial charge in [-0.15, -0.1) is 0 Å². The van der Waals surface area contributed by atoms with Crippen LogP contribution < -0.4 is 5.73 Å². The fourth-order valence-corrected chi connectivity index (χ4v) is 4.24. The van der Waals surface area contributed by atoms with Gasteiger partial charge in [0.05, 0.1) is 12.2 Å². The third-order valence-electron chi connectivity index (χ3n) is 4.74. The number of hydrogen-bond donors (Lipinski definition) is 1. The van der Waals surface area contributed by atoms with Gasteiger partial charge >= 0.3 is 0 Å². The summed E-state index contributed by atoms with van der Waals surface area (Å²) >= 11 is 0. The molecule has 4 heteroatoms. The molecule has 4 nitrogen and oxygen atoms in total. The van der Waals surface area contributed by atoms with Gasteiger partial charge in [-0.1, -0.05) is 0 Å². The number of hydrogen-bond acceptors (Lipinski definition) is 4. The molecule has 19 heavy (non-hydrogen) atoms. The van der Waals surface area contributed by atoms with Crippen LogP contribution in [-0.4, -0.2) is 67.3 Å². The van der Waals surface area contributed by atoms with Crippen molar-refractivity contribution < 1.29 is 4.74 Å². The summed E-state index contributed by atoms with van der Waals surface area (Å²) < 4.78 is 5.93. The van der Waals surface area contributed by atoms with Crippen LogP contribution in [0.2, 0.25) is 0 Å². The van der Waals surface area contributed by atoms with Gasteiger partial charge in [0, 0.05) is 24.7 Å². The first-order valence-electron chi connectivity index (χ1n) is 7.74. The van der Waals surface area contributed by atoms with Crippen molar-refractivity contribution in [2.75, 3.05) is 33.7 Å². The number of nitrogens with two attached hydrogens (primary N) is 1. The van der Waals surface area contributed by atoms with Gasteiger partial charge in [-0.05, 0) is 60.2 Å². The Balaban J connectivity index is 2.14. The van der Waals surface area contributed by atoms with Crippen LogP contribution >= 0.6 is 0 Å². The maximum atomic E-state index is 6.22. The SMILES string of the molecule is CC1CC(CN)(N2CCCC2CN(C)C)CC(C)O1. The summed E-state index contributed by atoms with van der Waals surface area (Å²) in [7, 11) is 4.34. The van der Waals surface area contributed by atoms with E-state index in [-0.39, 0.29) is 5.54 Å². The average molecular weight is 269 g/mol. The number of rotatable bonds is 4. The molecule has 2 saturated heterocycles. The molecule has 0 saturated carbocycles. The number of ether oxygens (including phenoxy) is 1. The van der Waals surface area contributed by atoms with E-state index >= 15 is 0 Å². The highest BCUT2D eigenvalue weighted by molar-refractivity contribution is 5.02. The summed E-state index contributed by atoms with van der Waals surface area (Å²) in [4.78, 5) is 5.02. The molecule has 0 spiro atoms. The highest BCUT2D eigenvalue weighted by Crippen LogP contribution is 2.38. The Hall–Kier alpha value is -0.160. The molecule has 2 aliphatic rings. The number of likely N-dealkylation sites (tertiary alicyclic amines) is 1.